The van der Waals surface area contributed by atoms with Crippen molar-refractivity contribution in [1.29, 1.82) is 0 Å². The zero-order chi connectivity index (χ0) is 15.4. The van der Waals surface area contributed by atoms with Gasteiger partial charge in [-0.25, -0.2) is 0 Å². The van der Waals surface area contributed by atoms with Crippen molar-refractivity contribution in [2.45, 2.75) is 32.5 Å². The Bertz CT molecular complexity index is 595. The summed E-state index contributed by atoms with van der Waals surface area (Å²) >= 11 is 6.06. The van der Waals surface area contributed by atoms with E-state index in [-0.39, 0.29) is 12.1 Å². The lowest BCUT2D eigenvalue weighted by Crippen LogP contribution is -2.37. The number of rotatable bonds is 5. The van der Waals surface area contributed by atoms with Crippen molar-refractivity contribution < 1.29 is 0 Å². The summed E-state index contributed by atoms with van der Waals surface area (Å²) in [6.07, 6.45) is 0. The Kier molecular flexibility index (Phi) is 5.40. The van der Waals surface area contributed by atoms with Gasteiger partial charge < -0.3 is 5.73 Å². The normalized spacial score (nSPS) is 14.2. The summed E-state index contributed by atoms with van der Waals surface area (Å²) in [5, 5.41) is 0.772. The predicted molar refractivity (Wildman–Crippen MR) is 90.5 cm³/mol. The van der Waals surface area contributed by atoms with Gasteiger partial charge in [-0.15, -0.1) is 0 Å². The first-order valence-electron chi connectivity index (χ1n) is 7.24. The van der Waals surface area contributed by atoms with Crippen LogP contribution in [0.1, 0.15) is 29.7 Å². The molecule has 0 aromatic heterocycles. The lowest BCUT2D eigenvalue weighted by Gasteiger charge is -2.32. The van der Waals surface area contributed by atoms with Crippen LogP contribution in [0.4, 0.5) is 0 Å². The first-order chi connectivity index (χ1) is 9.97. The molecular weight excluding hydrogens is 280 g/mol. The van der Waals surface area contributed by atoms with Gasteiger partial charge in [0.15, 0.2) is 0 Å². The molecule has 0 saturated carbocycles. The molecule has 112 valence electrons. The van der Waals surface area contributed by atoms with E-state index < -0.39 is 0 Å². The van der Waals surface area contributed by atoms with E-state index in [1.165, 1.54) is 16.7 Å². The molecule has 2 N–H and O–H groups in total. The van der Waals surface area contributed by atoms with E-state index in [4.69, 9.17) is 17.3 Å². The van der Waals surface area contributed by atoms with E-state index in [0.717, 1.165) is 11.6 Å². The summed E-state index contributed by atoms with van der Waals surface area (Å²) < 4.78 is 0. The van der Waals surface area contributed by atoms with Crippen molar-refractivity contribution in [2.75, 3.05) is 7.05 Å². The highest BCUT2D eigenvalue weighted by Gasteiger charge is 2.21. The number of aryl methyl sites for hydroxylation is 1. The van der Waals surface area contributed by atoms with E-state index in [1.54, 1.807) is 0 Å². The fourth-order valence-corrected chi connectivity index (χ4v) is 3.05. The first kappa shape index (κ1) is 16.0. The van der Waals surface area contributed by atoms with Crippen LogP contribution < -0.4 is 5.73 Å². The monoisotopic (exact) mass is 302 g/mol. The Hall–Kier alpha value is -1.35. The lowest BCUT2D eigenvalue weighted by molar-refractivity contribution is 0.211. The topological polar surface area (TPSA) is 29.3 Å². The molecule has 21 heavy (non-hydrogen) atoms. The number of hydrogen-bond acceptors (Lipinski definition) is 2. The Balaban J connectivity index is 2.22. The molecule has 0 aliphatic rings. The first-order valence-corrected chi connectivity index (χ1v) is 7.62. The molecular formula is C18H23ClN2. The van der Waals surface area contributed by atoms with Gasteiger partial charge in [0.25, 0.3) is 0 Å². The third-order valence-electron chi connectivity index (χ3n) is 3.68. The van der Waals surface area contributed by atoms with E-state index >= 15 is 0 Å². The standard InChI is InChI=1S/C18H23ClN2/c1-13-6-4-8-16(10-13)18(14(2)20)21(3)12-15-7-5-9-17(19)11-15/h4-11,14,18H,12,20H2,1-3H3. The molecule has 2 aromatic rings. The predicted octanol–water partition coefficient (Wildman–Crippen LogP) is 4.17. The van der Waals surface area contributed by atoms with E-state index in [0.29, 0.717) is 0 Å². The number of halogens is 1. The Morgan fingerprint density at radius 2 is 1.86 bits per heavy atom. The average molecular weight is 303 g/mol. The molecule has 0 aliphatic heterocycles. The number of likely N-dealkylation sites (N-methyl/N-ethyl adjacent to an activating group) is 1. The SMILES string of the molecule is Cc1cccc(C(C(C)N)N(C)Cc2cccc(Cl)c2)c1. The van der Waals surface area contributed by atoms with Crippen molar-refractivity contribution in [3.63, 3.8) is 0 Å². The summed E-state index contributed by atoms with van der Waals surface area (Å²) in [5.41, 5.74) is 9.95. The van der Waals surface area contributed by atoms with Crippen LogP contribution in [0.2, 0.25) is 5.02 Å². The summed E-state index contributed by atoms with van der Waals surface area (Å²) in [7, 11) is 2.11. The smallest absolute Gasteiger partial charge is 0.0497 e. The highest BCUT2D eigenvalue weighted by Crippen LogP contribution is 2.25. The maximum Gasteiger partial charge on any atom is 0.0497 e. The van der Waals surface area contributed by atoms with E-state index in [1.807, 2.05) is 18.2 Å². The van der Waals surface area contributed by atoms with E-state index in [2.05, 4.69) is 56.1 Å². The van der Waals surface area contributed by atoms with Crippen LogP contribution in [0.15, 0.2) is 48.5 Å². The van der Waals surface area contributed by atoms with Crippen molar-refractivity contribution in [3.05, 3.63) is 70.2 Å². The quantitative estimate of drug-likeness (QED) is 0.898. The minimum absolute atomic E-state index is 0.0518. The van der Waals surface area contributed by atoms with Crippen molar-refractivity contribution in [3.8, 4) is 0 Å². The molecule has 0 saturated heterocycles. The van der Waals surface area contributed by atoms with Gasteiger partial charge in [0.1, 0.15) is 0 Å². The van der Waals surface area contributed by atoms with Gasteiger partial charge in [0, 0.05) is 23.7 Å². The molecule has 2 nitrogen and oxygen atoms in total. The molecule has 0 bridgehead atoms. The molecule has 0 heterocycles. The maximum absolute atomic E-state index is 6.24. The van der Waals surface area contributed by atoms with Crippen LogP contribution >= 0.6 is 11.6 Å². The van der Waals surface area contributed by atoms with E-state index in [9.17, 15) is 0 Å². The number of benzene rings is 2. The zero-order valence-electron chi connectivity index (χ0n) is 12.9. The Morgan fingerprint density at radius 3 is 2.48 bits per heavy atom. The lowest BCUT2D eigenvalue weighted by atomic mass is 9.97. The van der Waals surface area contributed by atoms with Crippen molar-refractivity contribution >= 4 is 11.6 Å². The second-order valence-electron chi connectivity index (χ2n) is 5.76. The third-order valence-corrected chi connectivity index (χ3v) is 3.91. The summed E-state index contributed by atoms with van der Waals surface area (Å²) in [5.74, 6) is 0. The van der Waals surface area contributed by atoms with Crippen LogP contribution in [-0.2, 0) is 6.54 Å². The minimum atomic E-state index is 0.0518. The second kappa shape index (κ2) is 7.08. The van der Waals surface area contributed by atoms with Crippen LogP contribution in [0.25, 0.3) is 0 Å². The second-order valence-corrected chi connectivity index (χ2v) is 6.20. The zero-order valence-corrected chi connectivity index (χ0v) is 13.6. The highest BCUT2D eigenvalue weighted by molar-refractivity contribution is 6.30. The third kappa shape index (κ3) is 4.31. The number of hydrogen-bond donors (Lipinski definition) is 1. The summed E-state index contributed by atoms with van der Waals surface area (Å²) in [6.45, 7) is 4.99. The van der Waals surface area contributed by atoms with Crippen molar-refractivity contribution in [2.24, 2.45) is 5.73 Å². The number of nitrogens with zero attached hydrogens (tertiary/aromatic N) is 1. The molecule has 2 atom stereocenters. The van der Waals surface area contributed by atoms with Gasteiger partial charge in [0.2, 0.25) is 0 Å². The molecule has 3 heteroatoms. The summed E-state index contributed by atoms with van der Waals surface area (Å²) in [6, 6.07) is 16.8. The Morgan fingerprint density at radius 1 is 1.14 bits per heavy atom. The van der Waals surface area contributed by atoms with Gasteiger partial charge in [-0.2, -0.15) is 0 Å². The van der Waals surface area contributed by atoms with Crippen molar-refractivity contribution in [1.82, 2.24) is 4.90 Å². The molecule has 2 rings (SSSR count). The van der Waals surface area contributed by atoms with Crippen LogP contribution in [0.5, 0.6) is 0 Å². The maximum atomic E-state index is 6.24. The average Bonchev–Trinajstić information content (AvgIpc) is 2.38. The molecule has 0 spiro atoms. The largest absolute Gasteiger partial charge is 0.326 e. The van der Waals surface area contributed by atoms with Gasteiger partial charge in [-0.1, -0.05) is 53.6 Å². The molecule has 0 aliphatic carbocycles. The fourth-order valence-electron chi connectivity index (χ4n) is 2.84. The number of nitrogens with two attached hydrogens (primary N) is 1. The fraction of sp³-hybridized carbons (Fsp3) is 0.333. The molecule has 0 amide bonds. The van der Waals surface area contributed by atoms with Gasteiger partial charge >= 0.3 is 0 Å². The molecule has 0 fully saturated rings. The van der Waals surface area contributed by atoms with Crippen LogP contribution in [0.3, 0.4) is 0 Å². The van der Waals surface area contributed by atoms with Crippen LogP contribution in [0, 0.1) is 6.92 Å². The molecule has 2 unspecified atom stereocenters. The highest BCUT2D eigenvalue weighted by atomic mass is 35.5. The Labute approximate surface area is 132 Å². The van der Waals surface area contributed by atoms with Crippen LogP contribution in [-0.4, -0.2) is 18.0 Å². The summed E-state index contributed by atoms with van der Waals surface area (Å²) in [4.78, 5) is 2.28. The molecule has 2 aromatic carbocycles. The minimum Gasteiger partial charge on any atom is -0.326 e. The van der Waals surface area contributed by atoms with Gasteiger partial charge in [-0.05, 0) is 44.2 Å². The van der Waals surface area contributed by atoms with Gasteiger partial charge in [-0.3, -0.25) is 4.90 Å². The van der Waals surface area contributed by atoms with Gasteiger partial charge in [0.05, 0.1) is 0 Å². The molecule has 0 radical (unpaired) electrons.